The van der Waals surface area contributed by atoms with Gasteiger partial charge in [-0.3, -0.25) is 4.72 Å². The minimum absolute atomic E-state index is 0.135. The van der Waals surface area contributed by atoms with Crippen LogP contribution in [0, 0.1) is 18.3 Å². The summed E-state index contributed by atoms with van der Waals surface area (Å²) < 4.78 is 27.8. The lowest BCUT2D eigenvalue weighted by atomic mass is 10.2. The van der Waals surface area contributed by atoms with Crippen molar-refractivity contribution in [3.63, 3.8) is 0 Å². The lowest BCUT2D eigenvalue weighted by molar-refractivity contribution is 0.600. The SMILES string of the molecule is Cc1cccc(NS(=O)(=O)c2cccnc2C#N)c1Br. The maximum atomic E-state index is 12.3. The van der Waals surface area contributed by atoms with Crippen molar-refractivity contribution in [3.05, 3.63) is 52.3 Å². The van der Waals surface area contributed by atoms with E-state index in [0.29, 0.717) is 10.2 Å². The molecule has 0 saturated heterocycles. The Bertz CT molecular complexity index is 798. The molecule has 0 fully saturated rings. The highest BCUT2D eigenvalue weighted by molar-refractivity contribution is 9.10. The van der Waals surface area contributed by atoms with Crippen LogP contribution in [0.4, 0.5) is 5.69 Å². The molecular weight excluding hydrogens is 342 g/mol. The monoisotopic (exact) mass is 351 g/mol. The van der Waals surface area contributed by atoms with E-state index < -0.39 is 10.0 Å². The number of pyridine rings is 1. The highest BCUT2D eigenvalue weighted by Gasteiger charge is 2.20. The summed E-state index contributed by atoms with van der Waals surface area (Å²) in [6.07, 6.45) is 1.38. The van der Waals surface area contributed by atoms with E-state index in [9.17, 15) is 8.42 Å². The molecule has 2 rings (SSSR count). The molecule has 1 N–H and O–H groups in total. The van der Waals surface area contributed by atoms with Crippen molar-refractivity contribution in [2.24, 2.45) is 0 Å². The molecule has 0 spiro atoms. The quantitative estimate of drug-likeness (QED) is 0.921. The Hall–Kier alpha value is -1.91. The topological polar surface area (TPSA) is 82.8 Å². The molecule has 1 heterocycles. The average Bonchev–Trinajstić information content (AvgIpc) is 2.43. The number of sulfonamides is 1. The van der Waals surface area contributed by atoms with Crippen LogP contribution in [0.1, 0.15) is 11.3 Å². The summed E-state index contributed by atoms with van der Waals surface area (Å²) in [5, 5.41) is 8.93. The number of rotatable bonds is 3. The van der Waals surface area contributed by atoms with E-state index in [1.54, 1.807) is 18.2 Å². The van der Waals surface area contributed by atoms with Gasteiger partial charge in [0.1, 0.15) is 11.0 Å². The van der Waals surface area contributed by atoms with Crippen molar-refractivity contribution in [2.75, 3.05) is 4.72 Å². The molecule has 5 nitrogen and oxygen atoms in total. The Balaban J connectivity index is 2.47. The number of aryl methyl sites for hydroxylation is 1. The van der Waals surface area contributed by atoms with Crippen LogP contribution >= 0.6 is 15.9 Å². The fourth-order valence-electron chi connectivity index (χ4n) is 1.62. The zero-order valence-corrected chi connectivity index (χ0v) is 12.9. The largest absolute Gasteiger partial charge is 0.278 e. The van der Waals surface area contributed by atoms with E-state index in [-0.39, 0.29) is 10.6 Å². The van der Waals surface area contributed by atoms with Crippen LogP contribution < -0.4 is 4.72 Å². The molecule has 1 aromatic heterocycles. The highest BCUT2D eigenvalue weighted by atomic mass is 79.9. The molecule has 7 heteroatoms. The predicted octanol–water partition coefficient (Wildman–Crippen LogP) is 2.83. The number of anilines is 1. The Kier molecular flexibility index (Phi) is 4.06. The molecule has 102 valence electrons. The molecule has 0 amide bonds. The van der Waals surface area contributed by atoms with Gasteiger partial charge in [0.15, 0.2) is 5.69 Å². The third-order valence-electron chi connectivity index (χ3n) is 2.60. The number of halogens is 1. The third-order valence-corrected chi connectivity index (χ3v) is 5.05. The van der Waals surface area contributed by atoms with Gasteiger partial charge in [-0.15, -0.1) is 0 Å². The van der Waals surface area contributed by atoms with Crippen LogP contribution in [-0.2, 0) is 10.0 Å². The number of nitrogens with zero attached hydrogens (tertiary/aromatic N) is 2. The number of hydrogen-bond acceptors (Lipinski definition) is 4. The van der Waals surface area contributed by atoms with Gasteiger partial charge < -0.3 is 0 Å². The van der Waals surface area contributed by atoms with E-state index in [0.717, 1.165) is 5.56 Å². The van der Waals surface area contributed by atoms with Gasteiger partial charge >= 0.3 is 0 Å². The van der Waals surface area contributed by atoms with Gasteiger partial charge in [0.25, 0.3) is 10.0 Å². The maximum Gasteiger partial charge on any atom is 0.264 e. The van der Waals surface area contributed by atoms with Crippen molar-refractivity contribution < 1.29 is 8.42 Å². The Morgan fingerprint density at radius 3 is 2.75 bits per heavy atom. The second-order valence-electron chi connectivity index (χ2n) is 4.00. The fraction of sp³-hybridized carbons (Fsp3) is 0.0769. The van der Waals surface area contributed by atoms with E-state index in [2.05, 4.69) is 25.6 Å². The number of hydrogen-bond donors (Lipinski definition) is 1. The van der Waals surface area contributed by atoms with Gasteiger partial charge in [-0.2, -0.15) is 5.26 Å². The van der Waals surface area contributed by atoms with Gasteiger partial charge in [0.05, 0.1) is 5.69 Å². The number of benzene rings is 1. The van der Waals surface area contributed by atoms with Crippen molar-refractivity contribution in [1.82, 2.24) is 4.98 Å². The lowest BCUT2D eigenvalue weighted by Gasteiger charge is -2.11. The molecule has 0 radical (unpaired) electrons. The first-order valence-corrected chi connectivity index (χ1v) is 7.86. The summed E-state index contributed by atoms with van der Waals surface area (Å²) in [4.78, 5) is 3.61. The second kappa shape index (κ2) is 5.61. The summed E-state index contributed by atoms with van der Waals surface area (Å²) in [5.41, 5.74) is 1.18. The van der Waals surface area contributed by atoms with Crippen LogP contribution in [0.25, 0.3) is 0 Å². The Morgan fingerprint density at radius 2 is 2.05 bits per heavy atom. The molecule has 0 bridgehead atoms. The molecular formula is C13H10BrN3O2S. The van der Waals surface area contributed by atoms with Crippen LogP contribution in [-0.4, -0.2) is 13.4 Å². The molecule has 0 unspecified atom stereocenters. The number of nitriles is 1. The summed E-state index contributed by atoms with van der Waals surface area (Å²) in [6.45, 7) is 1.85. The molecule has 20 heavy (non-hydrogen) atoms. The van der Waals surface area contributed by atoms with Gasteiger partial charge in [0.2, 0.25) is 0 Å². The van der Waals surface area contributed by atoms with Crippen molar-refractivity contribution >= 4 is 31.6 Å². The zero-order valence-electron chi connectivity index (χ0n) is 10.5. The average molecular weight is 352 g/mol. The van der Waals surface area contributed by atoms with Crippen LogP contribution in [0.15, 0.2) is 45.9 Å². The zero-order chi connectivity index (χ0) is 14.8. The number of nitrogens with one attached hydrogen (secondary N) is 1. The Morgan fingerprint density at radius 1 is 1.30 bits per heavy atom. The van der Waals surface area contributed by atoms with Crippen molar-refractivity contribution in [2.45, 2.75) is 11.8 Å². The normalized spacial score (nSPS) is 10.8. The van der Waals surface area contributed by atoms with E-state index >= 15 is 0 Å². The first kappa shape index (κ1) is 14.5. The molecule has 0 aliphatic carbocycles. The molecule has 0 atom stereocenters. The maximum absolute atomic E-state index is 12.3. The van der Waals surface area contributed by atoms with Crippen molar-refractivity contribution in [3.8, 4) is 6.07 Å². The summed E-state index contributed by atoms with van der Waals surface area (Å²) >= 11 is 3.33. The van der Waals surface area contributed by atoms with Gasteiger partial charge in [-0.25, -0.2) is 13.4 Å². The predicted molar refractivity (Wildman–Crippen MR) is 78.6 cm³/mol. The summed E-state index contributed by atoms with van der Waals surface area (Å²) in [6, 6.07) is 9.82. The molecule has 2 aromatic rings. The second-order valence-corrected chi connectivity index (χ2v) is 6.45. The highest BCUT2D eigenvalue weighted by Crippen LogP contribution is 2.28. The van der Waals surface area contributed by atoms with Gasteiger partial charge in [-0.1, -0.05) is 12.1 Å². The third kappa shape index (κ3) is 2.81. The molecule has 0 aliphatic rings. The van der Waals surface area contributed by atoms with Crippen LogP contribution in [0.5, 0.6) is 0 Å². The Labute approximate surface area is 125 Å². The van der Waals surface area contributed by atoms with Crippen LogP contribution in [0.2, 0.25) is 0 Å². The van der Waals surface area contributed by atoms with Crippen molar-refractivity contribution in [1.29, 1.82) is 5.26 Å². The first-order chi connectivity index (χ1) is 9.45. The first-order valence-electron chi connectivity index (χ1n) is 5.59. The minimum atomic E-state index is -3.86. The fourth-order valence-corrected chi connectivity index (χ4v) is 3.29. The van der Waals surface area contributed by atoms with Gasteiger partial charge in [0, 0.05) is 10.7 Å². The van der Waals surface area contributed by atoms with E-state index in [4.69, 9.17) is 5.26 Å². The molecule has 0 saturated carbocycles. The standard InChI is InChI=1S/C13H10BrN3O2S/c1-9-4-2-5-10(13(9)14)17-20(18,19)12-6-3-7-16-11(12)8-15/h2-7,17H,1H3. The summed E-state index contributed by atoms with van der Waals surface area (Å²) in [7, 11) is -3.86. The van der Waals surface area contributed by atoms with Crippen LogP contribution in [0.3, 0.4) is 0 Å². The molecule has 0 aliphatic heterocycles. The number of aromatic nitrogens is 1. The van der Waals surface area contributed by atoms with Gasteiger partial charge in [-0.05, 0) is 46.6 Å². The molecule has 1 aromatic carbocycles. The lowest BCUT2D eigenvalue weighted by Crippen LogP contribution is -2.15. The van der Waals surface area contributed by atoms with E-state index in [1.807, 2.05) is 13.0 Å². The smallest absolute Gasteiger partial charge is 0.264 e. The summed E-state index contributed by atoms with van der Waals surface area (Å²) in [5.74, 6) is 0. The minimum Gasteiger partial charge on any atom is -0.278 e. The van der Waals surface area contributed by atoms with E-state index in [1.165, 1.54) is 18.3 Å².